The van der Waals surface area contributed by atoms with E-state index in [0.29, 0.717) is 5.56 Å². The van der Waals surface area contributed by atoms with E-state index in [4.69, 9.17) is 4.52 Å². The molecule has 1 saturated carbocycles. The predicted molar refractivity (Wildman–Crippen MR) is 78.6 cm³/mol. The fourth-order valence-electron chi connectivity index (χ4n) is 2.70. The summed E-state index contributed by atoms with van der Waals surface area (Å²) in [5.41, 5.74) is 0.610. The Morgan fingerprint density at radius 2 is 1.82 bits per heavy atom. The van der Waals surface area contributed by atoms with E-state index in [-0.39, 0.29) is 29.5 Å². The number of rotatable bonds is 3. The van der Waals surface area contributed by atoms with Gasteiger partial charge < -0.3 is 9.84 Å². The highest BCUT2D eigenvalue weighted by Gasteiger charge is 2.20. The SMILES string of the molecule is O=C(NC1CCCCCC1)c1nc(-c2ccc(F)cc2)no1. The first-order valence-corrected chi connectivity index (χ1v) is 7.63. The van der Waals surface area contributed by atoms with E-state index < -0.39 is 0 Å². The average molecular weight is 303 g/mol. The number of amides is 1. The number of carbonyl (C=O) groups is 1. The predicted octanol–water partition coefficient (Wildman–Crippen LogP) is 3.33. The summed E-state index contributed by atoms with van der Waals surface area (Å²) >= 11 is 0. The first-order valence-electron chi connectivity index (χ1n) is 7.63. The molecule has 1 heterocycles. The summed E-state index contributed by atoms with van der Waals surface area (Å²) in [5.74, 6) is -0.444. The molecule has 0 bridgehead atoms. The lowest BCUT2D eigenvalue weighted by molar-refractivity contribution is 0.0889. The van der Waals surface area contributed by atoms with Crippen LogP contribution in [0.1, 0.15) is 49.2 Å². The molecule has 1 aliphatic carbocycles. The lowest BCUT2D eigenvalue weighted by Gasteiger charge is -2.14. The van der Waals surface area contributed by atoms with Gasteiger partial charge in [0.2, 0.25) is 5.82 Å². The van der Waals surface area contributed by atoms with Crippen LogP contribution in [0.5, 0.6) is 0 Å². The largest absolute Gasteiger partial charge is 0.345 e. The summed E-state index contributed by atoms with van der Waals surface area (Å²) in [6.07, 6.45) is 6.70. The Morgan fingerprint density at radius 1 is 1.14 bits per heavy atom. The number of nitrogens with zero attached hydrogens (tertiary/aromatic N) is 2. The summed E-state index contributed by atoms with van der Waals surface area (Å²) in [6.45, 7) is 0. The van der Waals surface area contributed by atoms with Crippen LogP contribution in [0.15, 0.2) is 28.8 Å². The standard InChI is InChI=1S/C16H18FN3O2/c17-12-9-7-11(8-10-12)14-19-16(22-20-14)15(21)18-13-5-3-1-2-4-6-13/h7-10,13H,1-6H2,(H,18,21). The molecular formula is C16H18FN3O2. The number of benzene rings is 1. The van der Waals surface area contributed by atoms with E-state index in [1.165, 1.54) is 25.0 Å². The highest BCUT2D eigenvalue weighted by atomic mass is 19.1. The third-order valence-corrected chi connectivity index (χ3v) is 3.91. The summed E-state index contributed by atoms with van der Waals surface area (Å²) in [7, 11) is 0. The Bertz CT molecular complexity index is 631. The van der Waals surface area contributed by atoms with Gasteiger partial charge in [0.15, 0.2) is 0 Å². The Labute approximate surface area is 127 Å². The molecule has 1 aromatic heterocycles. The van der Waals surface area contributed by atoms with Crippen LogP contribution < -0.4 is 5.32 Å². The molecule has 0 atom stereocenters. The van der Waals surface area contributed by atoms with Crippen LogP contribution >= 0.6 is 0 Å². The highest BCUT2D eigenvalue weighted by molar-refractivity contribution is 5.90. The zero-order chi connectivity index (χ0) is 15.4. The summed E-state index contributed by atoms with van der Waals surface area (Å²) in [5, 5.41) is 6.73. The van der Waals surface area contributed by atoms with Gasteiger partial charge in [-0.15, -0.1) is 0 Å². The van der Waals surface area contributed by atoms with Crippen molar-refractivity contribution in [1.29, 1.82) is 0 Å². The topological polar surface area (TPSA) is 68.0 Å². The fourth-order valence-corrected chi connectivity index (χ4v) is 2.70. The van der Waals surface area contributed by atoms with E-state index in [9.17, 15) is 9.18 Å². The normalized spacial score (nSPS) is 16.2. The maximum Gasteiger partial charge on any atom is 0.316 e. The molecule has 0 spiro atoms. The van der Waals surface area contributed by atoms with E-state index in [1.54, 1.807) is 12.1 Å². The first-order chi connectivity index (χ1) is 10.7. The van der Waals surface area contributed by atoms with Crippen LogP contribution in [-0.4, -0.2) is 22.1 Å². The molecule has 1 aromatic carbocycles. The first kappa shape index (κ1) is 14.7. The van der Waals surface area contributed by atoms with Gasteiger partial charge in [-0.25, -0.2) is 4.39 Å². The Balaban J connectivity index is 1.67. The molecule has 3 rings (SSSR count). The lowest BCUT2D eigenvalue weighted by atomic mass is 10.1. The number of halogens is 1. The van der Waals surface area contributed by atoms with Crippen molar-refractivity contribution in [2.75, 3.05) is 0 Å². The Hall–Kier alpha value is -2.24. The van der Waals surface area contributed by atoms with Gasteiger partial charge in [-0.05, 0) is 37.1 Å². The maximum absolute atomic E-state index is 12.9. The minimum atomic E-state index is -0.340. The minimum absolute atomic E-state index is 0.0522. The molecular weight excluding hydrogens is 285 g/mol. The molecule has 0 aliphatic heterocycles. The van der Waals surface area contributed by atoms with E-state index in [0.717, 1.165) is 25.7 Å². The second-order valence-electron chi connectivity index (χ2n) is 5.59. The van der Waals surface area contributed by atoms with Crippen molar-refractivity contribution in [3.05, 3.63) is 36.0 Å². The maximum atomic E-state index is 12.9. The second-order valence-corrected chi connectivity index (χ2v) is 5.59. The van der Waals surface area contributed by atoms with Crippen LogP contribution in [0.2, 0.25) is 0 Å². The zero-order valence-electron chi connectivity index (χ0n) is 12.2. The Kier molecular flexibility index (Phi) is 4.46. The number of hydrogen-bond donors (Lipinski definition) is 1. The number of aromatic nitrogens is 2. The Morgan fingerprint density at radius 3 is 2.50 bits per heavy atom. The second kappa shape index (κ2) is 6.68. The molecule has 116 valence electrons. The van der Waals surface area contributed by atoms with Crippen molar-refractivity contribution in [1.82, 2.24) is 15.5 Å². The van der Waals surface area contributed by atoms with E-state index >= 15 is 0 Å². The average Bonchev–Trinajstić information content (AvgIpc) is 2.88. The molecule has 2 aromatic rings. The molecule has 5 nitrogen and oxygen atoms in total. The van der Waals surface area contributed by atoms with Gasteiger partial charge in [0.1, 0.15) is 5.82 Å². The van der Waals surface area contributed by atoms with Gasteiger partial charge in [-0.3, -0.25) is 4.79 Å². The monoisotopic (exact) mass is 303 g/mol. The summed E-state index contributed by atoms with van der Waals surface area (Å²) in [6, 6.07) is 5.91. The van der Waals surface area contributed by atoms with Crippen molar-refractivity contribution in [2.24, 2.45) is 0 Å². The molecule has 22 heavy (non-hydrogen) atoms. The van der Waals surface area contributed by atoms with Crippen LogP contribution in [0.4, 0.5) is 4.39 Å². The number of carbonyl (C=O) groups excluding carboxylic acids is 1. The zero-order valence-corrected chi connectivity index (χ0v) is 12.2. The minimum Gasteiger partial charge on any atom is -0.345 e. The van der Waals surface area contributed by atoms with Crippen molar-refractivity contribution in [3.63, 3.8) is 0 Å². The van der Waals surface area contributed by atoms with Crippen molar-refractivity contribution < 1.29 is 13.7 Å². The molecule has 1 aliphatic rings. The van der Waals surface area contributed by atoms with Gasteiger partial charge in [0.05, 0.1) is 0 Å². The van der Waals surface area contributed by atoms with Crippen LogP contribution in [-0.2, 0) is 0 Å². The van der Waals surface area contributed by atoms with Crippen LogP contribution in [0.25, 0.3) is 11.4 Å². The molecule has 1 N–H and O–H groups in total. The van der Waals surface area contributed by atoms with E-state index in [1.807, 2.05) is 0 Å². The van der Waals surface area contributed by atoms with Gasteiger partial charge in [0.25, 0.3) is 0 Å². The van der Waals surface area contributed by atoms with Crippen LogP contribution in [0.3, 0.4) is 0 Å². The quantitative estimate of drug-likeness (QED) is 0.883. The third-order valence-electron chi connectivity index (χ3n) is 3.91. The van der Waals surface area contributed by atoms with Gasteiger partial charge in [0, 0.05) is 11.6 Å². The molecule has 0 radical (unpaired) electrons. The lowest BCUT2D eigenvalue weighted by Crippen LogP contribution is -2.34. The van der Waals surface area contributed by atoms with Gasteiger partial charge in [-0.2, -0.15) is 4.98 Å². The fraction of sp³-hybridized carbons (Fsp3) is 0.438. The van der Waals surface area contributed by atoms with Crippen molar-refractivity contribution in [2.45, 2.75) is 44.6 Å². The van der Waals surface area contributed by atoms with Crippen LogP contribution in [0, 0.1) is 5.82 Å². The number of nitrogens with one attached hydrogen (secondary N) is 1. The molecule has 1 amide bonds. The summed E-state index contributed by atoms with van der Waals surface area (Å²) < 4.78 is 17.9. The molecule has 0 saturated heterocycles. The van der Waals surface area contributed by atoms with Crippen molar-refractivity contribution in [3.8, 4) is 11.4 Å². The number of hydrogen-bond acceptors (Lipinski definition) is 4. The van der Waals surface area contributed by atoms with Crippen molar-refractivity contribution >= 4 is 5.91 Å². The molecule has 0 unspecified atom stereocenters. The van der Waals surface area contributed by atoms with Gasteiger partial charge in [-0.1, -0.05) is 30.8 Å². The van der Waals surface area contributed by atoms with Gasteiger partial charge >= 0.3 is 11.8 Å². The molecule has 1 fully saturated rings. The van der Waals surface area contributed by atoms with E-state index in [2.05, 4.69) is 15.5 Å². The third kappa shape index (κ3) is 3.50. The summed E-state index contributed by atoms with van der Waals surface area (Å²) in [4.78, 5) is 16.2. The highest BCUT2D eigenvalue weighted by Crippen LogP contribution is 2.19. The smallest absolute Gasteiger partial charge is 0.316 e. The molecule has 6 heteroatoms.